The molecule has 5 heteroatoms. The molecule has 0 aliphatic carbocycles. The Balaban J connectivity index is 1.97. The molecule has 2 rings (SSSR count). The Kier molecular flexibility index (Phi) is 5.64. The number of thiazole rings is 1. The predicted molar refractivity (Wildman–Crippen MR) is 81.8 cm³/mol. The van der Waals surface area contributed by atoms with E-state index in [4.69, 9.17) is 10.5 Å². The van der Waals surface area contributed by atoms with Gasteiger partial charge >= 0.3 is 0 Å². The van der Waals surface area contributed by atoms with Crippen molar-refractivity contribution in [2.45, 2.75) is 38.8 Å². The molecule has 2 atom stereocenters. The van der Waals surface area contributed by atoms with Crippen molar-refractivity contribution in [2.75, 3.05) is 6.61 Å². The highest BCUT2D eigenvalue weighted by Crippen LogP contribution is 2.22. The van der Waals surface area contributed by atoms with Crippen molar-refractivity contribution >= 4 is 11.3 Å². The van der Waals surface area contributed by atoms with Gasteiger partial charge in [-0.3, -0.25) is 4.98 Å². The Hall–Kier alpha value is -1.30. The second-order valence-corrected chi connectivity index (χ2v) is 5.70. The molecule has 2 unspecified atom stereocenters. The van der Waals surface area contributed by atoms with Gasteiger partial charge in [0.15, 0.2) is 0 Å². The zero-order valence-electron chi connectivity index (χ0n) is 12.0. The molecular formula is C15H21N3OS. The molecule has 2 heterocycles. The molecule has 0 saturated heterocycles. The number of rotatable bonds is 7. The first-order valence-electron chi connectivity index (χ1n) is 6.88. The maximum atomic E-state index is 6.18. The summed E-state index contributed by atoms with van der Waals surface area (Å²) >= 11 is 1.68. The quantitative estimate of drug-likeness (QED) is 0.852. The van der Waals surface area contributed by atoms with Gasteiger partial charge < -0.3 is 10.5 Å². The molecule has 0 radical (unpaired) electrons. The SMILES string of the molecule is CCC(N)C(OCCc1scnc1C)c1cccnc1. The number of ether oxygens (including phenoxy) is 1. The molecule has 2 N–H and O–H groups in total. The fourth-order valence-electron chi connectivity index (χ4n) is 2.07. The van der Waals surface area contributed by atoms with Gasteiger partial charge in [0, 0.05) is 35.3 Å². The van der Waals surface area contributed by atoms with Gasteiger partial charge in [0.25, 0.3) is 0 Å². The van der Waals surface area contributed by atoms with E-state index in [0.29, 0.717) is 6.61 Å². The molecular weight excluding hydrogens is 270 g/mol. The Morgan fingerprint density at radius 2 is 2.30 bits per heavy atom. The molecule has 0 aliphatic rings. The van der Waals surface area contributed by atoms with Crippen molar-refractivity contribution in [1.82, 2.24) is 9.97 Å². The molecule has 0 spiro atoms. The van der Waals surface area contributed by atoms with Crippen LogP contribution in [0.3, 0.4) is 0 Å². The van der Waals surface area contributed by atoms with Gasteiger partial charge in [-0.25, -0.2) is 4.98 Å². The van der Waals surface area contributed by atoms with Crippen molar-refractivity contribution in [3.8, 4) is 0 Å². The average molecular weight is 291 g/mol. The lowest BCUT2D eigenvalue weighted by Gasteiger charge is -2.23. The highest BCUT2D eigenvalue weighted by molar-refractivity contribution is 7.09. The fraction of sp³-hybridized carbons (Fsp3) is 0.467. The molecule has 20 heavy (non-hydrogen) atoms. The van der Waals surface area contributed by atoms with Crippen LogP contribution in [0.15, 0.2) is 30.0 Å². The molecule has 0 aromatic carbocycles. The van der Waals surface area contributed by atoms with E-state index in [9.17, 15) is 0 Å². The van der Waals surface area contributed by atoms with E-state index in [1.807, 2.05) is 30.8 Å². The standard InChI is InChI=1S/C15H21N3OS/c1-3-13(16)15(12-5-4-7-17-9-12)19-8-6-14-11(2)18-10-20-14/h4-5,7,9-10,13,15H,3,6,8,16H2,1-2H3. The summed E-state index contributed by atoms with van der Waals surface area (Å²) in [6.07, 6.45) is 5.25. The fourth-order valence-corrected chi connectivity index (χ4v) is 2.83. The summed E-state index contributed by atoms with van der Waals surface area (Å²) in [5, 5.41) is 0. The van der Waals surface area contributed by atoms with Gasteiger partial charge in [0.1, 0.15) is 0 Å². The number of hydrogen-bond donors (Lipinski definition) is 1. The van der Waals surface area contributed by atoms with Crippen molar-refractivity contribution < 1.29 is 4.74 Å². The van der Waals surface area contributed by atoms with E-state index >= 15 is 0 Å². The monoisotopic (exact) mass is 291 g/mol. The summed E-state index contributed by atoms with van der Waals surface area (Å²) < 4.78 is 6.02. The second kappa shape index (κ2) is 7.47. The van der Waals surface area contributed by atoms with E-state index in [2.05, 4.69) is 16.9 Å². The minimum Gasteiger partial charge on any atom is -0.371 e. The smallest absolute Gasteiger partial charge is 0.0990 e. The van der Waals surface area contributed by atoms with Crippen LogP contribution in [0.4, 0.5) is 0 Å². The number of aryl methyl sites for hydroxylation is 1. The van der Waals surface area contributed by atoms with Crippen LogP contribution < -0.4 is 5.73 Å². The van der Waals surface area contributed by atoms with Crippen LogP contribution >= 0.6 is 11.3 Å². The van der Waals surface area contributed by atoms with Gasteiger partial charge in [-0.15, -0.1) is 11.3 Å². The van der Waals surface area contributed by atoms with Crippen LogP contribution in [-0.4, -0.2) is 22.6 Å². The highest BCUT2D eigenvalue weighted by Gasteiger charge is 2.19. The third-order valence-electron chi connectivity index (χ3n) is 3.34. The van der Waals surface area contributed by atoms with E-state index in [-0.39, 0.29) is 12.1 Å². The number of nitrogens with two attached hydrogens (primary N) is 1. The summed E-state index contributed by atoms with van der Waals surface area (Å²) in [5.41, 5.74) is 10.2. The van der Waals surface area contributed by atoms with Crippen LogP contribution in [0.25, 0.3) is 0 Å². The lowest BCUT2D eigenvalue weighted by Crippen LogP contribution is -2.30. The van der Waals surface area contributed by atoms with E-state index in [1.54, 1.807) is 17.5 Å². The van der Waals surface area contributed by atoms with Crippen LogP contribution in [0.5, 0.6) is 0 Å². The lowest BCUT2D eigenvalue weighted by molar-refractivity contribution is 0.0354. The summed E-state index contributed by atoms with van der Waals surface area (Å²) in [5.74, 6) is 0. The number of hydrogen-bond acceptors (Lipinski definition) is 5. The Labute approximate surface area is 124 Å². The van der Waals surface area contributed by atoms with Crippen molar-refractivity contribution in [2.24, 2.45) is 5.73 Å². The predicted octanol–water partition coefficient (Wildman–Crippen LogP) is 2.88. The molecule has 4 nitrogen and oxygen atoms in total. The summed E-state index contributed by atoms with van der Waals surface area (Å²) in [6.45, 7) is 4.75. The maximum absolute atomic E-state index is 6.18. The first-order valence-corrected chi connectivity index (χ1v) is 7.76. The molecule has 0 fully saturated rings. The van der Waals surface area contributed by atoms with Gasteiger partial charge in [0.05, 0.1) is 23.9 Å². The van der Waals surface area contributed by atoms with Crippen molar-refractivity contribution in [3.05, 3.63) is 46.2 Å². The van der Waals surface area contributed by atoms with Gasteiger partial charge in [0.2, 0.25) is 0 Å². The number of aromatic nitrogens is 2. The normalized spacial score (nSPS) is 14.2. The molecule has 108 valence electrons. The molecule has 0 bridgehead atoms. The van der Waals surface area contributed by atoms with E-state index < -0.39 is 0 Å². The van der Waals surface area contributed by atoms with Crippen LogP contribution in [0, 0.1) is 6.92 Å². The highest BCUT2D eigenvalue weighted by atomic mass is 32.1. The Bertz CT molecular complexity index is 515. The summed E-state index contributed by atoms with van der Waals surface area (Å²) in [6, 6.07) is 3.92. The largest absolute Gasteiger partial charge is 0.371 e. The molecule has 0 saturated carbocycles. The van der Waals surface area contributed by atoms with Gasteiger partial charge in [-0.2, -0.15) is 0 Å². The number of pyridine rings is 1. The molecule has 2 aromatic rings. The van der Waals surface area contributed by atoms with Crippen LogP contribution in [-0.2, 0) is 11.2 Å². The van der Waals surface area contributed by atoms with Gasteiger partial charge in [-0.05, 0) is 19.4 Å². The average Bonchev–Trinajstić information content (AvgIpc) is 2.89. The molecule has 0 amide bonds. The third kappa shape index (κ3) is 3.85. The zero-order valence-corrected chi connectivity index (χ0v) is 12.8. The first-order chi connectivity index (χ1) is 9.72. The molecule has 2 aromatic heterocycles. The van der Waals surface area contributed by atoms with Crippen molar-refractivity contribution in [1.29, 1.82) is 0 Å². The second-order valence-electron chi connectivity index (χ2n) is 4.76. The minimum absolute atomic E-state index is 0.0123. The third-order valence-corrected chi connectivity index (χ3v) is 4.34. The summed E-state index contributed by atoms with van der Waals surface area (Å²) in [7, 11) is 0. The number of nitrogens with zero attached hydrogens (tertiary/aromatic N) is 2. The Morgan fingerprint density at radius 1 is 1.45 bits per heavy atom. The van der Waals surface area contributed by atoms with E-state index in [1.165, 1.54) is 4.88 Å². The zero-order chi connectivity index (χ0) is 14.4. The minimum atomic E-state index is -0.0954. The van der Waals surface area contributed by atoms with E-state index in [0.717, 1.165) is 24.1 Å². The summed E-state index contributed by atoms with van der Waals surface area (Å²) in [4.78, 5) is 9.68. The lowest BCUT2D eigenvalue weighted by atomic mass is 10.0. The maximum Gasteiger partial charge on any atom is 0.0990 e. The van der Waals surface area contributed by atoms with Crippen LogP contribution in [0.2, 0.25) is 0 Å². The topological polar surface area (TPSA) is 61.0 Å². The Morgan fingerprint density at radius 3 is 2.90 bits per heavy atom. The first kappa shape index (κ1) is 15.1. The van der Waals surface area contributed by atoms with Crippen LogP contribution in [0.1, 0.15) is 35.6 Å². The van der Waals surface area contributed by atoms with Crippen molar-refractivity contribution in [3.63, 3.8) is 0 Å². The van der Waals surface area contributed by atoms with Gasteiger partial charge in [-0.1, -0.05) is 13.0 Å². The molecule has 0 aliphatic heterocycles.